The van der Waals surface area contributed by atoms with Gasteiger partial charge in [0, 0.05) is 44.8 Å². The van der Waals surface area contributed by atoms with Crippen molar-refractivity contribution in [3.05, 3.63) is 0 Å². The predicted molar refractivity (Wildman–Crippen MR) is 81.1 cm³/mol. The lowest BCUT2D eigenvalue weighted by atomic mass is 9.94. The van der Waals surface area contributed by atoms with E-state index in [0.717, 1.165) is 45.3 Å². The molecule has 0 aromatic rings. The number of carbonyl (C=O) groups excluding carboxylic acids is 1. The van der Waals surface area contributed by atoms with E-state index in [9.17, 15) is 4.79 Å². The van der Waals surface area contributed by atoms with E-state index in [2.05, 4.69) is 5.32 Å². The molecule has 1 N–H and O–H groups in total. The zero-order valence-corrected chi connectivity index (χ0v) is 13.2. The van der Waals surface area contributed by atoms with Crippen molar-refractivity contribution in [1.82, 2.24) is 10.2 Å². The molecule has 20 heavy (non-hydrogen) atoms. The van der Waals surface area contributed by atoms with Crippen LogP contribution in [0.1, 0.15) is 44.9 Å². The molecule has 2 unspecified atom stereocenters. The van der Waals surface area contributed by atoms with Crippen molar-refractivity contribution in [2.75, 3.05) is 20.3 Å². The summed E-state index contributed by atoms with van der Waals surface area (Å²) in [6.07, 6.45) is 7.71. The van der Waals surface area contributed by atoms with Gasteiger partial charge in [0.1, 0.15) is 0 Å². The maximum atomic E-state index is 12.4. The summed E-state index contributed by atoms with van der Waals surface area (Å²) in [6.45, 7) is 1.66. The Morgan fingerprint density at radius 2 is 1.75 bits per heavy atom. The monoisotopic (exact) mass is 302 g/mol. The molecule has 1 amide bonds. The van der Waals surface area contributed by atoms with Gasteiger partial charge in [-0.3, -0.25) is 4.79 Å². The van der Waals surface area contributed by atoms with Crippen LogP contribution in [-0.4, -0.2) is 49.2 Å². The molecule has 0 spiro atoms. The molecule has 3 aliphatic rings. The summed E-state index contributed by atoms with van der Waals surface area (Å²) >= 11 is 0. The van der Waals surface area contributed by atoms with Gasteiger partial charge in [0.2, 0.25) is 5.91 Å². The van der Waals surface area contributed by atoms with Gasteiger partial charge < -0.3 is 15.0 Å². The zero-order valence-electron chi connectivity index (χ0n) is 12.3. The lowest BCUT2D eigenvalue weighted by molar-refractivity contribution is -0.134. The molecule has 3 fully saturated rings. The topological polar surface area (TPSA) is 41.6 Å². The quantitative estimate of drug-likeness (QED) is 0.866. The normalized spacial score (nSPS) is 33.5. The van der Waals surface area contributed by atoms with Crippen LogP contribution < -0.4 is 5.32 Å². The van der Waals surface area contributed by atoms with E-state index in [1.165, 1.54) is 12.8 Å². The summed E-state index contributed by atoms with van der Waals surface area (Å²) < 4.78 is 5.36. The molecule has 3 rings (SSSR count). The first-order valence-electron chi connectivity index (χ1n) is 7.82. The Hall–Kier alpha value is -0.320. The first-order chi connectivity index (χ1) is 9.22. The highest BCUT2D eigenvalue weighted by molar-refractivity contribution is 5.85. The minimum atomic E-state index is 0. The Morgan fingerprint density at radius 3 is 2.35 bits per heavy atom. The second-order valence-corrected chi connectivity index (χ2v) is 6.53. The van der Waals surface area contributed by atoms with Crippen LogP contribution in [0.5, 0.6) is 0 Å². The molecule has 0 aromatic carbocycles. The molecule has 3 heterocycles. The largest absolute Gasteiger partial charge is 0.381 e. The summed E-state index contributed by atoms with van der Waals surface area (Å²) in [5, 5.41) is 3.64. The number of amides is 1. The molecule has 2 bridgehead atoms. The molecule has 0 aromatic heterocycles. The first kappa shape index (κ1) is 16.1. The molecular weight excluding hydrogens is 276 g/mol. The van der Waals surface area contributed by atoms with Gasteiger partial charge in [-0.25, -0.2) is 0 Å². The van der Waals surface area contributed by atoms with Crippen LogP contribution in [0.3, 0.4) is 0 Å². The van der Waals surface area contributed by atoms with Crippen LogP contribution in [0.25, 0.3) is 0 Å². The smallest absolute Gasteiger partial charge is 0.222 e. The van der Waals surface area contributed by atoms with Crippen LogP contribution in [0.15, 0.2) is 0 Å². The molecule has 4 nitrogen and oxygen atoms in total. The Morgan fingerprint density at radius 1 is 1.15 bits per heavy atom. The first-order valence-corrected chi connectivity index (χ1v) is 7.82. The average Bonchev–Trinajstić information content (AvgIpc) is 2.77. The zero-order chi connectivity index (χ0) is 13.2. The van der Waals surface area contributed by atoms with Gasteiger partial charge >= 0.3 is 0 Å². The maximum Gasteiger partial charge on any atom is 0.222 e. The number of nitrogens with one attached hydrogen (secondary N) is 1. The van der Waals surface area contributed by atoms with Gasteiger partial charge in [-0.05, 0) is 44.4 Å². The summed E-state index contributed by atoms with van der Waals surface area (Å²) in [5.74, 6) is 0.889. The number of hydrogen-bond acceptors (Lipinski definition) is 3. The van der Waals surface area contributed by atoms with Gasteiger partial charge in [-0.1, -0.05) is 0 Å². The minimum Gasteiger partial charge on any atom is -0.381 e. The van der Waals surface area contributed by atoms with Crippen LogP contribution >= 0.6 is 12.4 Å². The standard InChI is InChI=1S/C15H26N2O2.ClH/c1-17(14-9-12-2-3-13(10-14)16-12)15(18)8-11-4-6-19-7-5-11;/h11-14,16H,2-10H2,1H3;1H. The summed E-state index contributed by atoms with van der Waals surface area (Å²) in [5.41, 5.74) is 0. The van der Waals surface area contributed by atoms with Gasteiger partial charge in [0.05, 0.1) is 0 Å². The number of halogens is 1. The van der Waals surface area contributed by atoms with Gasteiger partial charge in [-0.15, -0.1) is 12.4 Å². The van der Waals surface area contributed by atoms with Crippen molar-refractivity contribution in [2.45, 2.75) is 63.1 Å². The number of carbonyl (C=O) groups is 1. The molecule has 3 aliphatic heterocycles. The number of ether oxygens (including phenoxy) is 1. The lowest BCUT2D eigenvalue weighted by Gasteiger charge is -2.36. The fourth-order valence-electron chi connectivity index (χ4n) is 3.89. The van der Waals surface area contributed by atoms with Crippen molar-refractivity contribution < 1.29 is 9.53 Å². The number of nitrogens with zero attached hydrogens (tertiary/aromatic N) is 1. The van der Waals surface area contributed by atoms with Gasteiger partial charge in [0.25, 0.3) is 0 Å². The molecule has 2 atom stereocenters. The van der Waals surface area contributed by atoms with Crippen LogP contribution in [0.2, 0.25) is 0 Å². The van der Waals surface area contributed by atoms with E-state index in [-0.39, 0.29) is 12.4 Å². The van der Waals surface area contributed by atoms with Crippen LogP contribution in [0.4, 0.5) is 0 Å². The van der Waals surface area contributed by atoms with E-state index >= 15 is 0 Å². The third-order valence-electron chi connectivity index (χ3n) is 5.19. The third-order valence-corrected chi connectivity index (χ3v) is 5.19. The Labute approximate surface area is 128 Å². The van der Waals surface area contributed by atoms with Crippen LogP contribution in [-0.2, 0) is 9.53 Å². The number of rotatable bonds is 3. The number of hydrogen-bond donors (Lipinski definition) is 1. The average molecular weight is 303 g/mol. The highest BCUT2D eigenvalue weighted by Crippen LogP contribution is 2.30. The van der Waals surface area contributed by atoms with Crippen LogP contribution in [0, 0.1) is 5.92 Å². The van der Waals surface area contributed by atoms with E-state index < -0.39 is 0 Å². The predicted octanol–water partition coefficient (Wildman–Crippen LogP) is 1.97. The van der Waals surface area contributed by atoms with E-state index in [4.69, 9.17) is 4.74 Å². The molecule has 3 saturated heterocycles. The van der Waals surface area contributed by atoms with Crippen molar-refractivity contribution in [1.29, 1.82) is 0 Å². The second kappa shape index (κ2) is 7.10. The van der Waals surface area contributed by atoms with E-state index in [1.54, 1.807) is 0 Å². The molecular formula is C15H27ClN2O2. The maximum absolute atomic E-state index is 12.4. The molecule has 116 valence electrons. The number of piperidine rings is 1. The highest BCUT2D eigenvalue weighted by Gasteiger charge is 2.36. The molecule has 0 radical (unpaired) electrons. The van der Waals surface area contributed by atoms with E-state index in [0.29, 0.717) is 30.0 Å². The molecule has 0 saturated carbocycles. The van der Waals surface area contributed by atoms with Crippen molar-refractivity contribution in [3.63, 3.8) is 0 Å². The summed E-state index contributed by atoms with van der Waals surface area (Å²) in [7, 11) is 2.01. The lowest BCUT2D eigenvalue weighted by Crippen LogP contribution is -2.49. The SMILES string of the molecule is CN(C(=O)CC1CCOCC1)C1CC2CCC(C1)N2.Cl. The van der Waals surface area contributed by atoms with Crippen molar-refractivity contribution >= 4 is 18.3 Å². The summed E-state index contributed by atoms with van der Waals surface area (Å²) in [4.78, 5) is 14.5. The van der Waals surface area contributed by atoms with Gasteiger partial charge in [-0.2, -0.15) is 0 Å². The Balaban J connectivity index is 0.00000147. The summed E-state index contributed by atoms with van der Waals surface area (Å²) in [6, 6.07) is 1.77. The fourth-order valence-corrected chi connectivity index (χ4v) is 3.89. The Bertz CT molecular complexity index is 322. The highest BCUT2D eigenvalue weighted by atomic mass is 35.5. The van der Waals surface area contributed by atoms with Crippen molar-refractivity contribution in [3.8, 4) is 0 Å². The fraction of sp³-hybridized carbons (Fsp3) is 0.933. The molecule has 0 aliphatic carbocycles. The third kappa shape index (κ3) is 3.66. The second-order valence-electron chi connectivity index (χ2n) is 6.53. The van der Waals surface area contributed by atoms with Crippen molar-refractivity contribution in [2.24, 2.45) is 5.92 Å². The molecule has 5 heteroatoms. The van der Waals surface area contributed by atoms with E-state index in [1.807, 2.05) is 11.9 Å². The number of fused-ring (bicyclic) bond motifs is 2. The van der Waals surface area contributed by atoms with Gasteiger partial charge in [0.15, 0.2) is 0 Å². The Kier molecular flexibility index (Phi) is 5.70. The minimum absolute atomic E-state index is 0.